The number of carboxylic acid groups (broad SMARTS) is 1. The summed E-state index contributed by atoms with van der Waals surface area (Å²) in [5.41, 5.74) is 0.790. The highest BCUT2D eigenvalue weighted by atomic mass is 19.1. The second kappa shape index (κ2) is 5.91. The Morgan fingerprint density at radius 2 is 1.68 bits per heavy atom. The number of allylic oxidation sites excluding steroid dienone is 2. The molecule has 0 spiro atoms. The maximum absolute atomic E-state index is 12.9. The van der Waals surface area contributed by atoms with Gasteiger partial charge < -0.3 is 10.4 Å². The molecule has 0 heterocycles. The molecule has 0 unspecified atom stereocenters. The molecule has 4 atom stereocenters. The highest BCUT2D eigenvalue weighted by Crippen LogP contribution is 2.45. The number of carbonyl (C=O) groups excluding carboxylic acids is 1. The van der Waals surface area contributed by atoms with E-state index in [0.717, 1.165) is 18.4 Å². The minimum absolute atomic E-state index is 0.000632. The molecule has 1 aromatic carbocycles. The van der Waals surface area contributed by atoms with E-state index in [0.29, 0.717) is 0 Å². The lowest BCUT2D eigenvalue weighted by Gasteiger charge is -2.41. The number of amides is 1. The van der Waals surface area contributed by atoms with Crippen molar-refractivity contribution >= 4 is 11.9 Å². The summed E-state index contributed by atoms with van der Waals surface area (Å²) in [5, 5.41) is 12.2. The Kier molecular flexibility index (Phi) is 3.96. The molecule has 1 fully saturated rings. The molecule has 4 nitrogen and oxygen atoms in total. The number of carboxylic acids is 1. The molecule has 0 saturated heterocycles. The predicted octanol–water partition coefficient (Wildman–Crippen LogP) is 2.35. The number of rotatable bonds is 4. The first kappa shape index (κ1) is 14.8. The molecule has 0 aromatic heterocycles. The standard InChI is InChI=1S/C17H18FNO3/c18-13-7-1-10(2-8-13)9-19-16(20)14-11-3-5-12(6-4-11)15(14)17(21)22/h1-3,5,7-8,11-12,14-15H,4,6,9H2,(H,19,20)(H,21,22)/t11-,12+,14-,15-/m0/s1. The summed E-state index contributed by atoms with van der Waals surface area (Å²) in [6, 6.07) is 5.90. The van der Waals surface area contributed by atoms with Crippen LogP contribution in [0.5, 0.6) is 0 Å². The Labute approximate surface area is 128 Å². The fourth-order valence-electron chi connectivity index (χ4n) is 3.60. The number of aliphatic carboxylic acids is 1. The Hall–Kier alpha value is -2.17. The van der Waals surface area contributed by atoms with Gasteiger partial charge in [0.1, 0.15) is 5.82 Å². The Bertz CT molecular complexity index is 611. The minimum Gasteiger partial charge on any atom is -0.481 e. The average Bonchev–Trinajstić information content (AvgIpc) is 2.54. The van der Waals surface area contributed by atoms with E-state index in [1.807, 2.05) is 12.2 Å². The summed E-state index contributed by atoms with van der Waals surface area (Å²) in [6.45, 7) is 0.281. The van der Waals surface area contributed by atoms with Crippen LogP contribution in [0.1, 0.15) is 18.4 Å². The first-order valence-electron chi connectivity index (χ1n) is 7.49. The van der Waals surface area contributed by atoms with Gasteiger partial charge >= 0.3 is 5.97 Å². The zero-order valence-corrected chi connectivity index (χ0v) is 12.0. The van der Waals surface area contributed by atoms with Gasteiger partial charge in [-0.25, -0.2) is 4.39 Å². The molecule has 1 saturated carbocycles. The lowest BCUT2D eigenvalue weighted by atomic mass is 9.62. The molecular weight excluding hydrogens is 285 g/mol. The van der Waals surface area contributed by atoms with Crippen LogP contribution in [0.4, 0.5) is 4.39 Å². The van der Waals surface area contributed by atoms with Crippen LogP contribution < -0.4 is 5.32 Å². The maximum Gasteiger partial charge on any atom is 0.307 e. The Balaban J connectivity index is 1.69. The molecule has 5 heteroatoms. The fraction of sp³-hybridized carbons (Fsp3) is 0.412. The van der Waals surface area contributed by atoms with Crippen LogP contribution in [-0.2, 0) is 16.1 Å². The molecule has 2 bridgehead atoms. The lowest BCUT2D eigenvalue weighted by Crippen LogP contribution is -2.48. The number of fused-ring (bicyclic) bond motifs is 2. The second-order valence-electron chi connectivity index (χ2n) is 6.02. The number of nitrogens with one attached hydrogen (secondary N) is 1. The van der Waals surface area contributed by atoms with Crippen LogP contribution in [0.2, 0.25) is 0 Å². The van der Waals surface area contributed by atoms with Gasteiger partial charge in [0.05, 0.1) is 11.8 Å². The van der Waals surface area contributed by atoms with Crippen molar-refractivity contribution < 1.29 is 19.1 Å². The molecule has 22 heavy (non-hydrogen) atoms. The van der Waals surface area contributed by atoms with E-state index in [-0.39, 0.29) is 30.1 Å². The van der Waals surface area contributed by atoms with E-state index >= 15 is 0 Å². The van der Waals surface area contributed by atoms with Gasteiger partial charge in [0.2, 0.25) is 5.91 Å². The van der Waals surface area contributed by atoms with E-state index in [4.69, 9.17) is 0 Å². The Morgan fingerprint density at radius 1 is 1.09 bits per heavy atom. The van der Waals surface area contributed by atoms with Crippen LogP contribution in [0.15, 0.2) is 36.4 Å². The van der Waals surface area contributed by atoms with Gasteiger partial charge in [-0.1, -0.05) is 24.3 Å². The molecule has 3 aliphatic carbocycles. The largest absolute Gasteiger partial charge is 0.481 e. The number of hydrogen-bond acceptors (Lipinski definition) is 2. The van der Waals surface area contributed by atoms with Crippen molar-refractivity contribution in [2.45, 2.75) is 19.4 Å². The SMILES string of the molecule is O=C(O)[C@@H]1[C@@H](C(=O)NCc2ccc(F)cc2)[C@H]2C=C[C@@H]1CC2. The molecule has 0 radical (unpaired) electrons. The lowest BCUT2D eigenvalue weighted by molar-refractivity contribution is -0.153. The van der Waals surface area contributed by atoms with Crippen molar-refractivity contribution in [1.82, 2.24) is 5.32 Å². The molecule has 4 rings (SSSR count). The zero-order chi connectivity index (χ0) is 15.7. The normalized spacial score (nSPS) is 29.3. The van der Waals surface area contributed by atoms with Crippen LogP contribution in [0, 0.1) is 29.5 Å². The molecule has 3 aliphatic rings. The fourth-order valence-corrected chi connectivity index (χ4v) is 3.60. The van der Waals surface area contributed by atoms with Gasteiger partial charge in [0.15, 0.2) is 0 Å². The highest BCUT2D eigenvalue weighted by Gasteiger charge is 2.47. The number of hydrogen-bond donors (Lipinski definition) is 2. The van der Waals surface area contributed by atoms with Gasteiger partial charge in [-0.2, -0.15) is 0 Å². The van der Waals surface area contributed by atoms with Crippen molar-refractivity contribution in [2.75, 3.05) is 0 Å². The molecule has 116 valence electrons. The Morgan fingerprint density at radius 3 is 2.23 bits per heavy atom. The van der Waals surface area contributed by atoms with Crippen LogP contribution in [-0.4, -0.2) is 17.0 Å². The van der Waals surface area contributed by atoms with E-state index in [2.05, 4.69) is 5.32 Å². The van der Waals surface area contributed by atoms with Crippen LogP contribution >= 0.6 is 0 Å². The van der Waals surface area contributed by atoms with E-state index < -0.39 is 17.8 Å². The first-order valence-corrected chi connectivity index (χ1v) is 7.49. The summed E-state index contributed by atoms with van der Waals surface area (Å²) in [7, 11) is 0. The van der Waals surface area contributed by atoms with Gasteiger partial charge in [0, 0.05) is 6.54 Å². The van der Waals surface area contributed by atoms with Gasteiger partial charge in [-0.05, 0) is 42.4 Å². The van der Waals surface area contributed by atoms with Gasteiger partial charge in [0.25, 0.3) is 0 Å². The molecule has 2 N–H and O–H groups in total. The van der Waals surface area contributed by atoms with Crippen molar-refractivity contribution in [1.29, 1.82) is 0 Å². The van der Waals surface area contributed by atoms with Crippen molar-refractivity contribution in [3.8, 4) is 0 Å². The van der Waals surface area contributed by atoms with Crippen LogP contribution in [0.25, 0.3) is 0 Å². The summed E-state index contributed by atoms with van der Waals surface area (Å²) < 4.78 is 12.9. The molecule has 0 aliphatic heterocycles. The van der Waals surface area contributed by atoms with E-state index in [1.165, 1.54) is 12.1 Å². The van der Waals surface area contributed by atoms with Crippen molar-refractivity contribution in [3.63, 3.8) is 0 Å². The number of benzene rings is 1. The summed E-state index contributed by atoms with van der Waals surface area (Å²) in [4.78, 5) is 24.0. The quantitative estimate of drug-likeness (QED) is 0.839. The zero-order valence-electron chi connectivity index (χ0n) is 12.0. The highest BCUT2D eigenvalue weighted by molar-refractivity contribution is 5.86. The third-order valence-electron chi connectivity index (χ3n) is 4.72. The second-order valence-corrected chi connectivity index (χ2v) is 6.02. The minimum atomic E-state index is -0.902. The monoisotopic (exact) mass is 303 g/mol. The third kappa shape index (κ3) is 2.75. The smallest absolute Gasteiger partial charge is 0.307 e. The van der Waals surface area contributed by atoms with E-state index in [1.54, 1.807) is 12.1 Å². The average molecular weight is 303 g/mol. The summed E-state index contributed by atoms with van der Waals surface area (Å²) in [6.07, 6.45) is 5.62. The predicted molar refractivity (Wildman–Crippen MR) is 78.2 cm³/mol. The summed E-state index contributed by atoms with van der Waals surface area (Å²) in [5.74, 6) is -2.66. The first-order chi connectivity index (χ1) is 10.6. The van der Waals surface area contributed by atoms with Crippen molar-refractivity contribution in [2.24, 2.45) is 23.7 Å². The van der Waals surface area contributed by atoms with Crippen LogP contribution in [0.3, 0.4) is 0 Å². The number of carbonyl (C=O) groups is 2. The molecular formula is C17H18FNO3. The maximum atomic E-state index is 12.9. The van der Waals surface area contributed by atoms with E-state index in [9.17, 15) is 19.1 Å². The van der Waals surface area contributed by atoms with Crippen molar-refractivity contribution in [3.05, 3.63) is 47.8 Å². The summed E-state index contributed by atoms with van der Waals surface area (Å²) >= 11 is 0. The third-order valence-corrected chi connectivity index (χ3v) is 4.72. The number of halogens is 1. The van der Waals surface area contributed by atoms with Gasteiger partial charge in [-0.15, -0.1) is 0 Å². The molecule has 1 amide bonds. The van der Waals surface area contributed by atoms with Gasteiger partial charge in [-0.3, -0.25) is 9.59 Å². The topological polar surface area (TPSA) is 66.4 Å². The molecule has 1 aromatic rings.